The van der Waals surface area contributed by atoms with E-state index in [2.05, 4.69) is 46.0 Å². The summed E-state index contributed by atoms with van der Waals surface area (Å²) < 4.78 is 7.56. The van der Waals surface area contributed by atoms with Gasteiger partial charge in [-0.2, -0.15) is 5.26 Å². The van der Waals surface area contributed by atoms with Crippen LogP contribution in [-0.4, -0.2) is 44.7 Å². The molecule has 2 aromatic carbocycles. The lowest BCUT2D eigenvalue weighted by Crippen LogP contribution is -2.39. The van der Waals surface area contributed by atoms with Crippen molar-refractivity contribution in [1.82, 2.24) is 19.9 Å². The zero-order chi connectivity index (χ0) is 26.9. The number of hydrogen-bond acceptors (Lipinski definition) is 6. The quantitative estimate of drug-likeness (QED) is 0.469. The average molecular weight is 511 g/mol. The fraction of sp³-hybridized carbons (Fsp3) is 0.400. The van der Waals surface area contributed by atoms with Gasteiger partial charge in [-0.25, -0.2) is 9.48 Å². The molecule has 5 rings (SSSR count). The van der Waals surface area contributed by atoms with Crippen molar-refractivity contribution in [2.45, 2.75) is 65.1 Å². The summed E-state index contributed by atoms with van der Waals surface area (Å²) in [5, 5.41) is 21.5. The lowest BCUT2D eigenvalue weighted by molar-refractivity contribution is 0.0270. The Morgan fingerprint density at radius 2 is 1.97 bits per heavy atom. The van der Waals surface area contributed by atoms with E-state index in [1.54, 1.807) is 4.90 Å². The minimum Gasteiger partial charge on any atom is -0.444 e. The Bertz CT molecular complexity index is 1410. The molecule has 38 heavy (non-hydrogen) atoms. The van der Waals surface area contributed by atoms with Gasteiger partial charge in [0.1, 0.15) is 5.60 Å². The Hall–Kier alpha value is -4.12. The Kier molecular flexibility index (Phi) is 6.94. The Balaban J connectivity index is 1.44. The lowest BCUT2D eigenvalue weighted by Gasteiger charge is -2.30. The number of hydrogen-bond donors (Lipinski definition) is 1. The van der Waals surface area contributed by atoms with Gasteiger partial charge in [-0.05, 0) is 81.0 Å². The monoisotopic (exact) mass is 510 g/mol. The molecule has 0 saturated heterocycles. The van der Waals surface area contributed by atoms with Crippen LogP contribution in [0.3, 0.4) is 0 Å². The maximum Gasteiger partial charge on any atom is 0.410 e. The molecule has 3 heterocycles. The van der Waals surface area contributed by atoms with Gasteiger partial charge < -0.3 is 15.0 Å². The topological polar surface area (TPSA) is 96.1 Å². The first-order valence-corrected chi connectivity index (χ1v) is 13.2. The standard InChI is InChI=1S/C30H34N6O2/c1-20-28-25-10-7-23(22-12-16-35(17-13-22)29(37)38-30(2,3)4)19-26(25)27(14-18-36(28)34-33-20)32-24-8-5-21(6-9-24)11-15-31/h5-10,12,19,27,32H,11,13-14,16-18H2,1-4H3. The first-order valence-electron chi connectivity index (χ1n) is 13.2. The molecule has 0 saturated carbocycles. The highest BCUT2D eigenvalue weighted by atomic mass is 16.6. The van der Waals surface area contributed by atoms with Crippen molar-refractivity contribution in [2.75, 3.05) is 18.4 Å². The Labute approximate surface area is 223 Å². The molecule has 2 aliphatic heterocycles. The summed E-state index contributed by atoms with van der Waals surface area (Å²) in [6, 6.07) is 17.0. The molecule has 3 aromatic rings. The van der Waals surface area contributed by atoms with E-state index in [0.717, 1.165) is 47.6 Å². The van der Waals surface area contributed by atoms with E-state index in [9.17, 15) is 4.79 Å². The van der Waals surface area contributed by atoms with Gasteiger partial charge in [-0.1, -0.05) is 35.6 Å². The number of nitrogens with one attached hydrogen (secondary N) is 1. The van der Waals surface area contributed by atoms with E-state index in [1.807, 2.05) is 56.6 Å². The molecule has 2 aliphatic rings. The highest BCUT2D eigenvalue weighted by Gasteiger charge is 2.27. The molecular formula is C30H34N6O2. The van der Waals surface area contributed by atoms with Gasteiger partial charge in [0.2, 0.25) is 0 Å². The summed E-state index contributed by atoms with van der Waals surface area (Å²) in [5.74, 6) is 0. The van der Waals surface area contributed by atoms with E-state index in [1.165, 1.54) is 16.7 Å². The second-order valence-electron chi connectivity index (χ2n) is 11.0. The van der Waals surface area contributed by atoms with Gasteiger partial charge in [0, 0.05) is 30.9 Å². The van der Waals surface area contributed by atoms with E-state index < -0.39 is 5.60 Å². The Morgan fingerprint density at radius 1 is 1.18 bits per heavy atom. The van der Waals surface area contributed by atoms with Gasteiger partial charge in [-0.3, -0.25) is 0 Å². The highest BCUT2D eigenvalue weighted by Crippen LogP contribution is 2.39. The van der Waals surface area contributed by atoms with Crippen LogP contribution in [0, 0.1) is 18.3 Å². The fourth-order valence-corrected chi connectivity index (χ4v) is 5.15. The molecule has 0 spiro atoms. The second kappa shape index (κ2) is 10.3. The van der Waals surface area contributed by atoms with Crippen LogP contribution in [0.15, 0.2) is 48.5 Å². The molecule has 1 aromatic heterocycles. The number of nitriles is 1. The SMILES string of the molecule is Cc1nnn2c1-c1ccc(C3=CCN(C(=O)OC(C)(C)C)CC3)cc1C(Nc1ccc(CC#N)cc1)CC2. The van der Waals surface area contributed by atoms with Gasteiger partial charge >= 0.3 is 6.09 Å². The number of fused-ring (bicyclic) bond motifs is 3. The normalized spacial score (nSPS) is 17.0. The largest absolute Gasteiger partial charge is 0.444 e. The van der Waals surface area contributed by atoms with Crippen molar-refractivity contribution in [1.29, 1.82) is 5.26 Å². The fourth-order valence-electron chi connectivity index (χ4n) is 5.15. The van der Waals surface area contributed by atoms with Gasteiger partial charge in [0.25, 0.3) is 0 Å². The molecule has 1 unspecified atom stereocenters. The lowest BCUT2D eigenvalue weighted by atomic mass is 9.90. The van der Waals surface area contributed by atoms with Gasteiger partial charge in [-0.15, -0.1) is 5.10 Å². The van der Waals surface area contributed by atoms with Crippen molar-refractivity contribution >= 4 is 17.4 Å². The van der Waals surface area contributed by atoms with Gasteiger partial charge in [0.15, 0.2) is 0 Å². The van der Waals surface area contributed by atoms with Gasteiger partial charge in [0.05, 0.1) is 29.9 Å². The first kappa shape index (κ1) is 25.5. The Morgan fingerprint density at radius 3 is 2.66 bits per heavy atom. The molecule has 0 radical (unpaired) electrons. The van der Waals surface area contributed by atoms with Crippen LogP contribution in [0.1, 0.15) is 62.0 Å². The zero-order valence-corrected chi connectivity index (χ0v) is 22.5. The minimum absolute atomic E-state index is 0.0790. The summed E-state index contributed by atoms with van der Waals surface area (Å²) in [7, 11) is 0. The number of anilines is 1. The second-order valence-corrected chi connectivity index (χ2v) is 11.0. The van der Waals surface area contributed by atoms with Crippen LogP contribution in [0.25, 0.3) is 16.8 Å². The van der Waals surface area contributed by atoms with Crippen LogP contribution >= 0.6 is 0 Å². The number of nitrogens with zero attached hydrogens (tertiary/aromatic N) is 5. The molecule has 1 N–H and O–H groups in total. The summed E-state index contributed by atoms with van der Waals surface area (Å²) >= 11 is 0. The minimum atomic E-state index is -0.504. The third-order valence-electron chi connectivity index (χ3n) is 7.02. The van der Waals surface area contributed by atoms with Crippen molar-refractivity contribution in [2.24, 2.45) is 0 Å². The third-order valence-corrected chi connectivity index (χ3v) is 7.02. The number of carbonyl (C=O) groups excluding carboxylic acids is 1. The maximum absolute atomic E-state index is 12.5. The molecule has 0 bridgehead atoms. The van der Waals surface area contributed by atoms with Crippen molar-refractivity contribution in [3.63, 3.8) is 0 Å². The summed E-state index contributed by atoms with van der Waals surface area (Å²) in [6.07, 6.45) is 3.91. The van der Waals surface area contributed by atoms with Crippen molar-refractivity contribution < 1.29 is 9.53 Å². The summed E-state index contributed by atoms with van der Waals surface area (Å²) in [5.41, 5.74) is 8.26. The molecule has 196 valence electrons. The summed E-state index contributed by atoms with van der Waals surface area (Å²) in [6.45, 7) is 9.60. The smallest absolute Gasteiger partial charge is 0.410 e. The number of ether oxygens (including phenoxy) is 1. The summed E-state index contributed by atoms with van der Waals surface area (Å²) in [4.78, 5) is 14.3. The number of aromatic nitrogens is 3. The van der Waals surface area contributed by atoms with E-state index in [-0.39, 0.29) is 12.1 Å². The van der Waals surface area contributed by atoms with E-state index >= 15 is 0 Å². The molecule has 1 amide bonds. The molecule has 1 atom stereocenters. The molecular weight excluding hydrogens is 476 g/mol. The number of benzene rings is 2. The molecule has 8 heteroatoms. The first-order chi connectivity index (χ1) is 18.2. The molecule has 0 aliphatic carbocycles. The predicted octanol–water partition coefficient (Wildman–Crippen LogP) is 5.90. The van der Waals surface area contributed by atoms with Crippen LogP contribution in [-0.2, 0) is 17.7 Å². The number of aryl methyl sites for hydroxylation is 2. The average Bonchev–Trinajstić information content (AvgIpc) is 3.18. The highest BCUT2D eigenvalue weighted by molar-refractivity contribution is 5.76. The number of amides is 1. The number of rotatable bonds is 4. The van der Waals surface area contributed by atoms with Crippen LogP contribution < -0.4 is 5.32 Å². The number of carbonyl (C=O) groups is 1. The van der Waals surface area contributed by atoms with Crippen molar-refractivity contribution in [3.8, 4) is 17.3 Å². The van der Waals surface area contributed by atoms with Crippen LogP contribution in [0.2, 0.25) is 0 Å². The molecule has 0 fully saturated rings. The molecule has 8 nitrogen and oxygen atoms in total. The third kappa shape index (κ3) is 5.42. The predicted molar refractivity (Wildman–Crippen MR) is 147 cm³/mol. The van der Waals surface area contributed by atoms with Crippen LogP contribution in [0.4, 0.5) is 10.5 Å². The van der Waals surface area contributed by atoms with Crippen LogP contribution in [0.5, 0.6) is 0 Å². The maximum atomic E-state index is 12.5. The van der Waals surface area contributed by atoms with E-state index in [4.69, 9.17) is 10.00 Å². The van der Waals surface area contributed by atoms with Crippen molar-refractivity contribution in [3.05, 3.63) is 70.9 Å². The van der Waals surface area contributed by atoms with E-state index in [0.29, 0.717) is 19.5 Å². The zero-order valence-electron chi connectivity index (χ0n) is 22.5.